The molecule has 2 heterocycles. The molecular formula is C61H93NO7. The van der Waals surface area contributed by atoms with Gasteiger partial charge in [0.25, 0.3) is 0 Å². The Labute approximate surface area is 416 Å². The first-order valence-electron chi connectivity index (χ1n) is 28.7. The number of nitrogens with one attached hydrogen (secondary N) is 1. The summed E-state index contributed by atoms with van der Waals surface area (Å²) in [6, 6.07) is 10.6. The molecule has 0 aromatic heterocycles. The summed E-state index contributed by atoms with van der Waals surface area (Å²) in [4.78, 5) is 11.6. The third-order valence-electron chi connectivity index (χ3n) is 27.4. The molecule has 8 nitrogen and oxygen atoms in total. The Bertz CT molecular complexity index is 2180. The van der Waals surface area contributed by atoms with Crippen LogP contribution in [0, 0.1) is 101 Å². The zero-order valence-electron chi connectivity index (χ0n) is 44.4. The zero-order valence-corrected chi connectivity index (χ0v) is 44.4. The molecule has 2 saturated heterocycles. The molecule has 2 aliphatic heterocycles. The summed E-state index contributed by atoms with van der Waals surface area (Å²) < 4.78 is 13.2. The van der Waals surface area contributed by atoms with Crippen molar-refractivity contribution in [2.45, 2.75) is 227 Å². The van der Waals surface area contributed by atoms with Gasteiger partial charge in [-0.3, -0.25) is 0 Å². The summed E-state index contributed by atoms with van der Waals surface area (Å²) in [6.45, 7) is 25.6. The summed E-state index contributed by atoms with van der Waals surface area (Å²) in [7, 11) is 0. The molecule has 0 bridgehead atoms. The number of carbonyl (C=O) groups is 1. The largest absolute Gasteiger partial charge is 0.393 e. The number of hydrogen-bond acceptors (Lipinski definition) is 8. The van der Waals surface area contributed by atoms with Gasteiger partial charge < -0.3 is 40.0 Å². The molecule has 0 amide bonds. The van der Waals surface area contributed by atoms with Crippen LogP contribution in [0.3, 0.4) is 0 Å². The fourth-order valence-corrected chi connectivity index (χ4v) is 23.9. The maximum atomic E-state index is 12.3. The lowest BCUT2D eigenvalue weighted by atomic mass is 9.41. The number of aliphatic hydroxyl groups is 4. The topological polar surface area (TPSA) is 128 Å². The Morgan fingerprint density at radius 2 is 1.03 bits per heavy atom. The monoisotopic (exact) mass is 952 g/mol. The first kappa shape index (κ1) is 48.5. The number of aldehydes is 1. The maximum Gasteiger partial charge on any atom is 0.148 e. The minimum Gasteiger partial charge on any atom is -0.393 e. The van der Waals surface area contributed by atoms with Crippen LogP contribution in [0.15, 0.2) is 30.3 Å². The van der Waals surface area contributed by atoms with Crippen molar-refractivity contribution in [1.29, 1.82) is 0 Å². The van der Waals surface area contributed by atoms with Crippen molar-refractivity contribution in [2.75, 3.05) is 6.54 Å². The molecule has 8 heteroatoms. The molecule has 13 rings (SSSR count). The molecule has 1 aromatic carbocycles. The van der Waals surface area contributed by atoms with Gasteiger partial charge in [-0.05, 0) is 199 Å². The van der Waals surface area contributed by atoms with Gasteiger partial charge in [-0.25, -0.2) is 0 Å². The smallest absolute Gasteiger partial charge is 0.148 e. The van der Waals surface area contributed by atoms with E-state index in [1.165, 1.54) is 63.4 Å². The van der Waals surface area contributed by atoms with Crippen LogP contribution < -0.4 is 5.32 Å². The molecule has 4 unspecified atom stereocenters. The van der Waals surface area contributed by atoms with Crippen LogP contribution >= 0.6 is 0 Å². The second kappa shape index (κ2) is 15.4. The minimum absolute atomic E-state index is 0.00819. The molecule has 12 fully saturated rings. The van der Waals surface area contributed by atoms with E-state index in [0.29, 0.717) is 69.0 Å². The van der Waals surface area contributed by atoms with Gasteiger partial charge in [-0.15, -0.1) is 0 Å². The summed E-state index contributed by atoms with van der Waals surface area (Å²) in [6.07, 6.45) is 17.7. The van der Waals surface area contributed by atoms with Crippen LogP contribution in [0.1, 0.15) is 178 Å². The van der Waals surface area contributed by atoms with E-state index in [0.717, 1.165) is 64.3 Å². The first-order chi connectivity index (χ1) is 32.5. The van der Waals surface area contributed by atoms with E-state index in [-0.39, 0.29) is 69.1 Å². The van der Waals surface area contributed by atoms with Gasteiger partial charge in [0.15, 0.2) is 0 Å². The number of aliphatic hydroxyl groups excluding tert-OH is 4. The number of rotatable bonds is 5. The van der Waals surface area contributed by atoms with Gasteiger partial charge in [0.05, 0.1) is 42.7 Å². The standard InChI is InChI=1S/C34H51NO3.C27H42O4/c1-21-17-23(19-35-18-22-9-7-6-8-10-22)38-28-27(21)31(4)15-16-34-20-33(34)14-13-26(36)30(2,3)24(33)11-12-25(34)32(31,5)29(28)37;1-15-12-16(13-28)31-21-20(15)24(4)10-11-27-14-26(27)9-8-19(29)23(2,3)17(26)6-7-18(27)25(24,5)22(21)30/h6-10,21,23-29,35-37H,11-20H2,1-5H3;13,15-22,29-30H,6-12,14H2,1-5H3/t21-,23-,24?,25?,26+,27+,28+,29+,31-,32-,33-,34+;15-,16-,17?,18?,19+,20+,21+,22+,24-,25-,26-,27+/m11/s1. The maximum absolute atomic E-state index is 12.3. The lowest BCUT2D eigenvalue weighted by Gasteiger charge is -2.63. The summed E-state index contributed by atoms with van der Waals surface area (Å²) in [5.74, 6) is 4.04. The van der Waals surface area contributed by atoms with Gasteiger partial charge in [0.2, 0.25) is 0 Å². The highest BCUT2D eigenvalue weighted by molar-refractivity contribution is 5.56. The average Bonchev–Trinajstić information content (AvgIpc) is 4.16. The highest BCUT2D eigenvalue weighted by atomic mass is 16.5. The minimum atomic E-state index is -0.494. The molecule has 12 aliphatic rings. The van der Waals surface area contributed by atoms with Gasteiger partial charge in [0.1, 0.15) is 12.4 Å². The van der Waals surface area contributed by atoms with E-state index >= 15 is 0 Å². The van der Waals surface area contributed by atoms with Gasteiger partial charge in [-0.1, -0.05) is 99.6 Å². The van der Waals surface area contributed by atoms with Gasteiger partial charge in [-0.2, -0.15) is 0 Å². The normalized spacial score (nSPS) is 58.5. The fourth-order valence-electron chi connectivity index (χ4n) is 23.9. The second-order valence-electron chi connectivity index (χ2n) is 29.5. The van der Waals surface area contributed by atoms with E-state index in [9.17, 15) is 25.2 Å². The van der Waals surface area contributed by atoms with Crippen LogP contribution in [-0.4, -0.2) is 82.1 Å². The first-order valence-corrected chi connectivity index (χ1v) is 28.7. The van der Waals surface area contributed by atoms with Gasteiger partial charge >= 0.3 is 0 Å². The van der Waals surface area contributed by atoms with E-state index in [1.54, 1.807) is 0 Å². The van der Waals surface area contributed by atoms with Crippen molar-refractivity contribution in [2.24, 2.45) is 101 Å². The number of fused-ring (bicyclic) bond motifs is 8. The van der Waals surface area contributed by atoms with E-state index in [4.69, 9.17) is 9.47 Å². The highest BCUT2D eigenvalue weighted by Crippen LogP contribution is 2.91. The lowest BCUT2D eigenvalue weighted by molar-refractivity contribution is -0.182. The Hall–Kier alpha value is -1.39. The SMILES string of the molecule is C[C@@H]1C[C@H](C=O)O[C@H]2[C@H]1[C@@]1(C)CC[C@@]34C[C@@]35CC[C@H](O)C(C)(C)C5CCC4[C@]1(C)[C@H]2O.C[C@@H]1C[C@H](CNCc2ccccc2)O[C@H]2[C@H]1[C@@]1(C)CC[C@@]34C[C@@]35CC[C@H](O)C(C)(C)C5CCC4[C@]1(C)[C@H]2O. The molecule has 384 valence electrons. The quantitative estimate of drug-likeness (QED) is 0.185. The predicted octanol–water partition coefficient (Wildman–Crippen LogP) is 10.3. The van der Waals surface area contributed by atoms with Crippen molar-refractivity contribution >= 4 is 6.29 Å². The van der Waals surface area contributed by atoms with E-state index < -0.39 is 12.2 Å². The van der Waals surface area contributed by atoms with Crippen LogP contribution in [0.2, 0.25) is 0 Å². The molecular weight excluding hydrogens is 859 g/mol. The Morgan fingerprint density at radius 1 is 0.580 bits per heavy atom. The molecule has 69 heavy (non-hydrogen) atoms. The second-order valence-corrected chi connectivity index (χ2v) is 29.5. The number of ether oxygens (including phenoxy) is 2. The third kappa shape index (κ3) is 5.82. The molecule has 24 atom stereocenters. The highest BCUT2D eigenvalue weighted by Gasteiger charge is 2.86. The third-order valence-corrected chi connectivity index (χ3v) is 27.4. The van der Waals surface area contributed by atoms with Crippen molar-refractivity contribution in [1.82, 2.24) is 5.32 Å². The van der Waals surface area contributed by atoms with Crippen molar-refractivity contribution in [3.8, 4) is 0 Å². The summed E-state index contributed by atoms with van der Waals surface area (Å²) in [5.41, 5.74) is 2.69. The molecule has 0 radical (unpaired) electrons. The molecule has 10 aliphatic carbocycles. The van der Waals surface area contributed by atoms with E-state index in [2.05, 4.69) is 105 Å². The molecule has 1 aromatic rings. The van der Waals surface area contributed by atoms with Crippen LogP contribution in [0.4, 0.5) is 0 Å². The Morgan fingerprint density at radius 3 is 1.52 bits per heavy atom. The van der Waals surface area contributed by atoms with E-state index in [1.807, 2.05) is 0 Å². The molecule has 10 saturated carbocycles. The van der Waals surface area contributed by atoms with Crippen LogP contribution in [-0.2, 0) is 20.8 Å². The number of hydrogen-bond donors (Lipinski definition) is 5. The average molecular weight is 952 g/mol. The zero-order chi connectivity index (χ0) is 48.9. The fraction of sp³-hybridized carbons (Fsp3) is 0.885. The van der Waals surface area contributed by atoms with Crippen molar-refractivity contribution < 1.29 is 34.7 Å². The lowest BCUT2D eigenvalue weighted by Crippen LogP contribution is -2.59. The van der Waals surface area contributed by atoms with Gasteiger partial charge in [0, 0.05) is 23.9 Å². The summed E-state index contributed by atoms with van der Waals surface area (Å²) >= 11 is 0. The predicted molar refractivity (Wildman–Crippen MR) is 268 cm³/mol. The molecule has 4 spiro atoms. The number of benzene rings is 1. The van der Waals surface area contributed by atoms with Crippen LogP contribution in [0.25, 0.3) is 0 Å². The van der Waals surface area contributed by atoms with Crippen molar-refractivity contribution in [3.05, 3.63) is 35.9 Å². The Kier molecular flexibility index (Phi) is 10.8. The van der Waals surface area contributed by atoms with Crippen molar-refractivity contribution in [3.63, 3.8) is 0 Å². The van der Waals surface area contributed by atoms with Crippen LogP contribution in [0.5, 0.6) is 0 Å². The Balaban J connectivity index is 0.000000146. The summed E-state index contributed by atoms with van der Waals surface area (Å²) in [5, 5.41) is 49.6. The number of carbonyl (C=O) groups excluding carboxylic acids is 1. The molecule has 5 N–H and O–H groups in total.